The molecule has 1 fully saturated rings. The number of aryl methyl sites for hydroxylation is 3. The van der Waals surface area contributed by atoms with Gasteiger partial charge in [0, 0.05) is 33.3 Å². The van der Waals surface area contributed by atoms with E-state index < -0.39 is 0 Å². The lowest BCUT2D eigenvalue weighted by Crippen LogP contribution is -2.31. The van der Waals surface area contributed by atoms with Crippen LogP contribution in [0.1, 0.15) is 37.8 Å². The van der Waals surface area contributed by atoms with E-state index in [-0.39, 0.29) is 12.0 Å². The van der Waals surface area contributed by atoms with Crippen LogP contribution in [0.2, 0.25) is 0 Å². The van der Waals surface area contributed by atoms with Gasteiger partial charge >= 0.3 is 0 Å². The Bertz CT molecular complexity index is 710. The second kappa shape index (κ2) is 5.80. The van der Waals surface area contributed by atoms with Crippen molar-refractivity contribution in [2.24, 2.45) is 0 Å². The average Bonchev–Trinajstić information content (AvgIpc) is 3.21. The molecule has 0 spiro atoms. The van der Waals surface area contributed by atoms with Gasteiger partial charge in [0.05, 0.1) is 11.0 Å². The van der Waals surface area contributed by atoms with Crippen LogP contribution in [0.5, 0.6) is 0 Å². The van der Waals surface area contributed by atoms with Crippen molar-refractivity contribution < 1.29 is 9.53 Å². The number of hydrogen-bond donors (Lipinski definition) is 1. The fourth-order valence-corrected chi connectivity index (χ4v) is 5.52. The van der Waals surface area contributed by atoms with E-state index >= 15 is 0 Å². The summed E-state index contributed by atoms with van der Waals surface area (Å²) < 4.78 is 5.56. The fraction of sp³-hybridized carbons (Fsp3) is 0.471. The smallest absolute Gasteiger partial charge is 0.261 e. The summed E-state index contributed by atoms with van der Waals surface area (Å²) in [5.74, 6) is 0.0448. The van der Waals surface area contributed by atoms with Crippen LogP contribution in [0.4, 0.5) is 0 Å². The Balaban J connectivity index is 1.52. The van der Waals surface area contributed by atoms with Gasteiger partial charge in [0.2, 0.25) is 0 Å². The van der Waals surface area contributed by atoms with Crippen molar-refractivity contribution in [2.45, 2.75) is 38.7 Å². The van der Waals surface area contributed by atoms with Gasteiger partial charge in [-0.25, -0.2) is 0 Å². The molecule has 1 N–H and O–H groups in total. The van der Waals surface area contributed by atoms with E-state index in [0.29, 0.717) is 6.54 Å². The second-order valence-electron chi connectivity index (χ2n) is 6.00. The molecule has 1 aliphatic heterocycles. The molecule has 1 unspecified atom stereocenters. The van der Waals surface area contributed by atoms with E-state index in [1.807, 2.05) is 11.3 Å². The molecule has 2 aliphatic rings. The molecule has 5 heteroatoms. The number of nitrogens with one attached hydrogen (secondary N) is 1. The first kappa shape index (κ1) is 14.4. The molecule has 1 amide bonds. The summed E-state index contributed by atoms with van der Waals surface area (Å²) in [6, 6.07) is 4.35. The number of hydrogen-bond acceptors (Lipinski definition) is 4. The minimum atomic E-state index is 0.0448. The van der Waals surface area contributed by atoms with E-state index in [0.717, 1.165) is 37.2 Å². The lowest BCUT2D eigenvalue weighted by molar-refractivity contribution is 0.0861. The van der Waals surface area contributed by atoms with E-state index in [2.05, 4.69) is 24.4 Å². The van der Waals surface area contributed by atoms with Gasteiger partial charge in [-0.15, -0.1) is 22.7 Å². The van der Waals surface area contributed by atoms with Gasteiger partial charge in [-0.2, -0.15) is 0 Å². The Morgan fingerprint density at radius 3 is 3.09 bits per heavy atom. The van der Waals surface area contributed by atoms with Crippen molar-refractivity contribution in [2.75, 3.05) is 13.2 Å². The van der Waals surface area contributed by atoms with E-state index in [9.17, 15) is 4.79 Å². The maximum absolute atomic E-state index is 12.4. The van der Waals surface area contributed by atoms with Gasteiger partial charge in [0.15, 0.2) is 0 Å². The molecule has 0 bridgehead atoms. The highest BCUT2D eigenvalue weighted by Crippen LogP contribution is 2.43. The number of thiophene rings is 2. The van der Waals surface area contributed by atoms with Crippen molar-refractivity contribution >= 4 is 28.6 Å². The number of carbonyl (C=O) groups is 1. The van der Waals surface area contributed by atoms with Gasteiger partial charge in [-0.05, 0) is 50.3 Å². The summed E-state index contributed by atoms with van der Waals surface area (Å²) in [4.78, 5) is 17.3. The summed E-state index contributed by atoms with van der Waals surface area (Å²) in [6.45, 7) is 3.61. The van der Waals surface area contributed by atoms with Gasteiger partial charge in [0.25, 0.3) is 5.91 Å². The van der Waals surface area contributed by atoms with Gasteiger partial charge in [-0.3, -0.25) is 4.79 Å². The predicted octanol–water partition coefficient (Wildman–Crippen LogP) is 3.79. The van der Waals surface area contributed by atoms with Crippen LogP contribution in [0.25, 0.3) is 10.4 Å². The van der Waals surface area contributed by atoms with Gasteiger partial charge in [-0.1, -0.05) is 0 Å². The molecule has 3 nitrogen and oxygen atoms in total. The van der Waals surface area contributed by atoms with Gasteiger partial charge < -0.3 is 10.1 Å². The standard InChI is InChI=1S/C17H19NO2S2/c1-10-7-13-14(21-10)5-4-11-8-15(22-16(11)13)17(19)18-9-12-3-2-6-20-12/h7-8,12H,2-6,9H2,1H3,(H,18,19). The Hall–Kier alpha value is -1.17. The number of fused-ring (bicyclic) bond motifs is 3. The third-order valence-electron chi connectivity index (χ3n) is 4.35. The molecular weight excluding hydrogens is 314 g/mol. The van der Waals surface area contributed by atoms with Crippen LogP contribution >= 0.6 is 22.7 Å². The van der Waals surface area contributed by atoms with Crippen LogP contribution in [0.3, 0.4) is 0 Å². The number of carbonyl (C=O) groups excluding carboxylic acids is 1. The first-order valence-electron chi connectivity index (χ1n) is 7.83. The summed E-state index contributed by atoms with van der Waals surface area (Å²) in [6.07, 6.45) is 4.52. The molecular formula is C17H19NO2S2. The zero-order valence-electron chi connectivity index (χ0n) is 12.6. The van der Waals surface area contributed by atoms with Crippen LogP contribution in [0, 0.1) is 6.92 Å². The molecule has 4 rings (SSSR count). The number of rotatable bonds is 3. The SMILES string of the molecule is Cc1cc2c(s1)CCc1cc(C(=O)NCC3CCCO3)sc1-2. The predicted molar refractivity (Wildman–Crippen MR) is 91.1 cm³/mol. The van der Waals surface area contributed by atoms with Crippen LogP contribution in [-0.2, 0) is 17.6 Å². The molecule has 1 atom stereocenters. The fourth-order valence-electron chi connectivity index (χ4n) is 3.24. The third kappa shape index (κ3) is 2.62. The van der Waals surface area contributed by atoms with Crippen molar-refractivity contribution in [1.82, 2.24) is 5.32 Å². The molecule has 22 heavy (non-hydrogen) atoms. The van der Waals surface area contributed by atoms with Crippen molar-refractivity contribution in [1.29, 1.82) is 0 Å². The highest BCUT2D eigenvalue weighted by Gasteiger charge is 2.24. The normalized spacial score (nSPS) is 19.8. The molecule has 2 aromatic rings. The first-order valence-corrected chi connectivity index (χ1v) is 9.46. The summed E-state index contributed by atoms with van der Waals surface area (Å²) >= 11 is 3.52. The Morgan fingerprint density at radius 1 is 1.36 bits per heavy atom. The number of amides is 1. The highest BCUT2D eigenvalue weighted by atomic mass is 32.1. The Morgan fingerprint density at radius 2 is 2.27 bits per heavy atom. The largest absolute Gasteiger partial charge is 0.376 e. The van der Waals surface area contributed by atoms with Crippen molar-refractivity contribution in [3.63, 3.8) is 0 Å². The van der Waals surface area contributed by atoms with Crippen LogP contribution < -0.4 is 5.32 Å². The minimum absolute atomic E-state index is 0.0448. The minimum Gasteiger partial charge on any atom is -0.376 e. The Kier molecular flexibility index (Phi) is 3.80. The van der Waals surface area contributed by atoms with E-state index in [1.54, 1.807) is 11.3 Å². The molecule has 116 valence electrons. The number of ether oxygens (including phenoxy) is 1. The molecule has 1 saturated heterocycles. The molecule has 0 radical (unpaired) electrons. The van der Waals surface area contributed by atoms with E-state index in [1.165, 1.54) is 25.8 Å². The zero-order valence-corrected chi connectivity index (χ0v) is 14.2. The lowest BCUT2D eigenvalue weighted by atomic mass is 9.98. The molecule has 1 aliphatic carbocycles. The molecule has 2 aromatic heterocycles. The summed E-state index contributed by atoms with van der Waals surface area (Å²) in [7, 11) is 0. The molecule has 3 heterocycles. The second-order valence-corrected chi connectivity index (χ2v) is 8.40. The average molecular weight is 333 g/mol. The maximum atomic E-state index is 12.4. The quantitative estimate of drug-likeness (QED) is 0.928. The van der Waals surface area contributed by atoms with E-state index in [4.69, 9.17) is 4.74 Å². The summed E-state index contributed by atoms with van der Waals surface area (Å²) in [5, 5.41) is 3.03. The highest BCUT2D eigenvalue weighted by molar-refractivity contribution is 7.18. The van der Waals surface area contributed by atoms with Crippen LogP contribution in [0.15, 0.2) is 12.1 Å². The summed E-state index contributed by atoms with van der Waals surface area (Å²) in [5.41, 5.74) is 2.68. The van der Waals surface area contributed by atoms with Gasteiger partial charge in [0.1, 0.15) is 0 Å². The van der Waals surface area contributed by atoms with Crippen molar-refractivity contribution in [3.05, 3.63) is 32.3 Å². The lowest BCUT2D eigenvalue weighted by Gasteiger charge is -2.10. The Labute approximate surface area is 138 Å². The molecule has 0 aromatic carbocycles. The van der Waals surface area contributed by atoms with Crippen molar-refractivity contribution in [3.8, 4) is 10.4 Å². The monoisotopic (exact) mass is 333 g/mol. The third-order valence-corrected chi connectivity index (χ3v) is 6.66. The first-order chi connectivity index (χ1) is 10.7. The maximum Gasteiger partial charge on any atom is 0.261 e. The van der Waals surface area contributed by atoms with Crippen LogP contribution in [-0.4, -0.2) is 25.2 Å². The molecule has 0 saturated carbocycles. The topological polar surface area (TPSA) is 38.3 Å². The zero-order chi connectivity index (χ0) is 15.1.